The molecular weight excluding hydrogens is 371 g/mol. The standard InChI is InChI=1S/C22H21FN4O2/c1-13(18-12-24-19-6-5-16(23)10-17(18)19)27(2)21(29)8-3-14-9-15-4-7-20(28)26-22(15)25-11-14/h3,5-6,8-13,24H,4,7H2,1-2H3,(H,25,26,28)/b8-3+. The van der Waals surface area contributed by atoms with Gasteiger partial charge >= 0.3 is 0 Å². The average Bonchev–Trinajstić information content (AvgIpc) is 3.13. The van der Waals surface area contributed by atoms with Crippen molar-refractivity contribution in [2.24, 2.45) is 0 Å². The summed E-state index contributed by atoms with van der Waals surface area (Å²) < 4.78 is 13.6. The number of nitrogens with one attached hydrogen (secondary N) is 2. The van der Waals surface area contributed by atoms with Gasteiger partial charge in [0, 0.05) is 42.8 Å². The molecule has 1 aromatic carbocycles. The number of amides is 2. The van der Waals surface area contributed by atoms with Gasteiger partial charge in [-0.05, 0) is 60.4 Å². The molecule has 29 heavy (non-hydrogen) atoms. The van der Waals surface area contributed by atoms with Gasteiger partial charge in [0.05, 0.1) is 6.04 Å². The molecule has 0 radical (unpaired) electrons. The van der Waals surface area contributed by atoms with Crippen LogP contribution in [0.4, 0.5) is 10.2 Å². The molecule has 0 bridgehead atoms. The zero-order valence-electron chi connectivity index (χ0n) is 16.2. The van der Waals surface area contributed by atoms with Crippen LogP contribution in [0.1, 0.15) is 36.1 Å². The third-order valence-corrected chi connectivity index (χ3v) is 5.34. The summed E-state index contributed by atoms with van der Waals surface area (Å²) in [6, 6.07) is 6.26. The molecule has 148 valence electrons. The maximum atomic E-state index is 13.6. The van der Waals surface area contributed by atoms with Crippen LogP contribution in [0.3, 0.4) is 0 Å². The number of nitrogens with zero attached hydrogens (tertiary/aromatic N) is 2. The van der Waals surface area contributed by atoms with Crippen LogP contribution in [0.25, 0.3) is 17.0 Å². The minimum absolute atomic E-state index is 0.0313. The van der Waals surface area contributed by atoms with E-state index in [9.17, 15) is 14.0 Å². The molecule has 1 atom stereocenters. The lowest BCUT2D eigenvalue weighted by Crippen LogP contribution is -2.27. The van der Waals surface area contributed by atoms with Crippen molar-refractivity contribution >= 4 is 34.6 Å². The molecule has 2 N–H and O–H groups in total. The van der Waals surface area contributed by atoms with Crippen LogP contribution >= 0.6 is 0 Å². The third kappa shape index (κ3) is 3.76. The van der Waals surface area contributed by atoms with E-state index in [1.807, 2.05) is 19.2 Å². The highest BCUT2D eigenvalue weighted by atomic mass is 19.1. The lowest BCUT2D eigenvalue weighted by Gasteiger charge is -2.23. The van der Waals surface area contributed by atoms with Crippen molar-refractivity contribution in [2.75, 3.05) is 12.4 Å². The summed E-state index contributed by atoms with van der Waals surface area (Å²) in [7, 11) is 1.72. The van der Waals surface area contributed by atoms with Gasteiger partial charge in [-0.25, -0.2) is 9.37 Å². The van der Waals surface area contributed by atoms with E-state index in [0.29, 0.717) is 18.7 Å². The number of likely N-dealkylation sites (N-methyl/N-ethyl adjacent to an activating group) is 1. The van der Waals surface area contributed by atoms with Gasteiger partial charge in [0.2, 0.25) is 11.8 Å². The number of aromatic amines is 1. The van der Waals surface area contributed by atoms with E-state index in [2.05, 4.69) is 15.3 Å². The number of pyridine rings is 1. The van der Waals surface area contributed by atoms with Crippen molar-refractivity contribution in [1.82, 2.24) is 14.9 Å². The molecule has 0 saturated carbocycles. The molecule has 0 aliphatic carbocycles. The molecule has 1 unspecified atom stereocenters. The topological polar surface area (TPSA) is 78.1 Å². The number of rotatable bonds is 4. The predicted molar refractivity (Wildman–Crippen MR) is 110 cm³/mol. The maximum Gasteiger partial charge on any atom is 0.246 e. The Labute approximate surface area is 167 Å². The summed E-state index contributed by atoms with van der Waals surface area (Å²) >= 11 is 0. The van der Waals surface area contributed by atoms with Crippen LogP contribution < -0.4 is 5.32 Å². The lowest BCUT2D eigenvalue weighted by atomic mass is 10.0. The van der Waals surface area contributed by atoms with E-state index in [1.54, 1.807) is 30.3 Å². The van der Waals surface area contributed by atoms with Crippen LogP contribution in [-0.4, -0.2) is 33.7 Å². The van der Waals surface area contributed by atoms with Crippen molar-refractivity contribution in [2.45, 2.75) is 25.8 Å². The highest BCUT2D eigenvalue weighted by Crippen LogP contribution is 2.28. The fourth-order valence-corrected chi connectivity index (χ4v) is 3.51. The first-order chi connectivity index (χ1) is 13.9. The number of hydrogen-bond donors (Lipinski definition) is 2. The number of halogens is 1. The van der Waals surface area contributed by atoms with Gasteiger partial charge < -0.3 is 15.2 Å². The molecule has 7 heteroatoms. The van der Waals surface area contributed by atoms with Crippen molar-refractivity contribution in [3.63, 3.8) is 0 Å². The molecule has 1 aliphatic heterocycles. The molecule has 4 rings (SSSR count). The Bertz CT molecular complexity index is 1140. The van der Waals surface area contributed by atoms with Crippen molar-refractivity contribution < 1.29 is 14.0 Å². The van der Waals surface area contributed by atoms with E-state index in [-0.39, 0.29) is 23.7 Å². The second-order valence-corrected chi connectivity index (χ2v) is 7.22. The normalized spacial score (nSPS) is 14.7. The quantitative estimate of drug-likeness (QED) is 0.663. The van der Waals surface area contributed by atoms with Crippen LogP contribution in [-0.2, 0) is 16.0 Å². The van der Waals surface area contributed by atoms with E-state index in [0.717, 1.165) is 27.6 Å². The molecular formula is C22H21FN4O2. The Morgan fingerprint density at radius 1 is 1.31 bits per heavy atom. The number of carbonyl (C=O) groups excluding carboxylic acids is 2. The Kier molecular flexibility index (Phi) is 4.88. The smallest absolute Gasteiger partial charge is 0.246 e. The monoisotopic (exact) mass is 392 g/mol. The summed E-state index contributed by atoms with van der Waals surface area (Å²) in [5, 5.41) is 3.51. The number of fused-ring (bicyclic) bond motifs is 2. The van der Waals surface area contributed by atoms with E-state index >= 15 is 0 Å². The summed E-state index contributed by atoms with van der Waals surface area (Å²) in [4.78, 5) is 33.1. The van der Waals surface area contributed by atoms with E-state index in [4.69, 9.17) is 0 Å². The first-order valence-electron chi connectivity index (χ1n) is 9.42. The number of H-pyrrole nitrogens is 1. The summed E-state index contributed by atoms with van der Waals surface area (Å²) in [6.45, 7) is 1.91. The van der Waals surface area contributed by atoms with Gasteiger partial charge in [0.25, 0.3) is 0 Å². The highest BCUT2D eigenvalue weighted by Gasteiger charge is 2.19. The second-order valence-electron chi connectivity index (χ2n) is 7.22. The van der Waals surface area contributed by atoms with Crippen molar-refractivity contribution in [3.8, 4) is 0 Å². The fourth-order valence-electron chi connectivity index (χ4n) is 3.51. The van der Waals surface area contributed by atoms with Crippen LogP contribution in [0.15, 0.2) is 42.7 Å². The number of hydrogen-bond acceptors (Lipinski definition) is 3. The summed E-state index contributed by atoms with van der Waals surface area (Å²) in [6.07, 6.45) is 7.72. The van der Waals surface area contributed by atoms with E-state index in [1.165, 1.54) is 18.2 Å². The minimum Gasteiger partial charge on any atom is -0.361 e. The first kappa shape index (κ1) is 18.9. The van der Waals surface area contributed by atoms with Gasteiger partial charge in [-0.3, -0.25) is 9.59 Å². The predicted octanol–water partition coefficient (Wildman–Crippen LogP) is 3.82. The molecule has 0 spiro atoms. The zero-order chi connectivity index (χ0) is 20.5. The minimum atomic E-state index is -0.310. The lowest BCUT2D eigenvalue weighted by molar-refractivity contribution is -0.126. The van der Waals surface area contributed by atoms with E-state index < -0.39 is 0 Å². The van der Waals surface area contributed by atoms with Gasteiger partial charge in [0.15, 0.2) is 0 Å². The summed E-state index contributed by atoms with van der Waals surface area (Å²) in [5.74, 6) is 0.0723. The van der Waals surface area contributed by atoms with Gasteiger partial charge in [0.1, 0.15) is 11.6 Å². The zero-order valence-corrected chi connectivity index (χ0v) is 16.2. The van der Waals surface area contributed by atoms with Gasteiger partial charge in [-0.1, -0.05) is 0 Å². The van der Waals surface area contributed by atoms with Crippen LogP contribution in [0.2, 0.25) is 0 Å². The Hall–Kier alpha value is -3.48. The number of anilines is 1. The molecule has 6 nitrogen and oxygen atoms in total. The molecule has 0 saturated heterocycles. The third-order valence-electron chi connectivity index (χ3n) is 5.34. The number of aromatic nitrogens is 2. The number of carbonyl (C=O) groups is 2. The largest absolute Gasteiger partial charge is 0.361 e. The second kappa shape index (κ2) is 7.50. The average molecular weight is 392 g/mol. The number of benzene rings is 1. The fraction of sp³-hybridized carbons (Fsp3) is 0.227. The Morgan fingerprint density at radius 2 is 2.14 bits per heavy atom. The molecule has 3 aromatic rings. The first-order valence-corrected chi connectivity index (χ1v) is 9.42. The van der Waals surface area contributed by atoms with Crippen molar-refractivity contribution in [3.05, 3.63) is 65.2 Å². The summed E-state index contributed by atoms with van der Waals surface area (Å²) in [5.41, 5.74) is 3.44. The van der Waals surface area contributed by atoms with Gasteiger partial charge in [-0.2, -0.15) is 0 Å². The Morgan fingerprint density at radius 3 is 2.97 bits per heavy atom. The van der Waals surface area contributed by atoms with Crippen LogP contribution in [0.5, 0.6) is 0 Å². The molecule has 2 amide bonds. The maximum absolute atomic E-state index is 13.6. The molecule has 3 heterocycles. The molecule has 1 aliphatic rings. The SMILES string of the molecule is CC(c1c[nH]c2ccc(F)cc12)N(C)C(=O)/C=C/c1cnc2c(c1)CCC(=O)N2. The van der Waals surface area contributed by atoms with Gasteiger partial charge in [-0.15, -0.1) is 0 Å². The Balaban J connectivity index is 1.50. The highest BCUT2D eigenvalue weighted by molar-refractivity contribution is 5.94. The molecule has 0 fully saturated rings. The van der Waals surface area contributed by atoms with Crippen molar-refractivity contribution in [1.29, 1.82) is 0 Å². The molecule has 2 aromatic heterocycles. The van der Waals surface area contributed by atoms with Crippen LogP contribution in [0, 0.1) is 5.82 Å². The number of aryl methyl sites for hydroxylation is 1.